The summed E-state index contributed by atoms with van der Waals surface area (Å²) >= 11 is 0. The van der Waals surface area contributed by atoms with Crippen molar-refractivity contribution in [2.75, 3.05) is 19.0 Å². The Balaban J connectivity index is 1.56. The fourth-order valence-electron chi connectivity index (χ4n) is 4.48. The number of ether oxygens (including phenoxy) is 1. The van der Waals surface area contributed by atoms with Gasteiger partial charge in [-0.25, -0.2) is 0 Å². The van der Waals surface area contributed by atoms with Gasteiger partial charge in [-0.2, -0.15) is 0 Å². The van der Waals surface area contributed by atoms with Crippen molar-refractivity contribution in [2.24, 2.45) is 5.73 Å². The first kappa shape index (κ1) is 26.8. The van der Waals surface area contributed by atoms with Gasteiger partial charge in [0.1, 0.15) is 6.54 Å². The Kier molecular flexibility index (Phi) is 9.00. The third kappa shape index (κ3) is 6.52. The number of rotatable bonds is 11. The molecule has 0 aliphatic heterocycles. The fraction of sp³-hybridized carbons (Fsp3) is 0.267. The van der Waals surface area contributed by atoms with Gasteiger partial charge in [-0.1, -0.05) is 43.2 Å². The van der Waals surface area contributed by atoms with Crippen molar-refractivity contribution in [3.8, 4) is 11.1 Å². The average Bonchev–Trinajstić information content (AvgIpc) is 2.94. The molecule has 38 heavy (non-hydrogen) atoms. The fourth-order valence-corrected chi connectivity index (χ4v) is 4.48. The van der Waals surface area contributed by atoms with Gasteiger partial charge in [-0.3, -0.25) is 19.4 Å². The number of nitrogens with two attached hydrogens (primary N) is 1. The van der Waals surface area contributed by atoms with Gasteiger partial charge in [0.25, 0.3) is 11.5 Å². The Morgan fingerprint density at radius 2 is 1.79 bits per heavy atom. The summed E-state index contributed by atoms with van der Waals surface area (Å²) in [5.74, 6) is -0.886. The van der Waals surface area contributed by atoms with Gasteiger partial charge >= 0.3 is 5.97 Å². The van der Waals surface area contributed by atoms with Crippen LogP contribution in [0.1, 0.15) is 41.6 Å². The monoisotopic (exact) mass is 512 g/mol. The predicted molar refractivity (Wildman–Crippen MR) is 149 cm³/mol. The molecule has 8 heteroatoms. The van der Waals surface area contributed by atoms with Crippen molar-refractivity contribution in [1.82, 2.24) is 9.55 Å². The molecule has 2 aromatic heterocycles. The second-order valence-corrected chi connectivity index (χ2v) is 9.15. The molecule has 2 heterocycles. The van der Waals surface area contributed by atoms with E-state index in [1.54, 1.807) is 6.07 Å². The van der Waals surface area contributed by atoms with Crippen molar-refractivity contribution >= 4 is 28.3 Å². The number of unbranched alkanes of at least 4 members (excludes halogenated alkanes) is 3. The summed E-state index contributed by atoms with van der Waals surface area (Å²) in [6, 6.07) is 16.5. The molecule has 0 unspecified atom stereocenters. The SMILES string of the molecule is COC(=O)Cn1cc(NC(=O)c2cccc(-c3cncc4c(CCCCCCN)cccc34)c2)ccc1=O. The van der Waals surface area contributed by atoms with E-state index < -0.39 is 5.97 Å². The van der Waals surface area contributed by atoms with Crippen molar-refractivity contribution in [1.29, 1.82) is 0 Å². The minimum absolute atomic E-state index is 0.238. The average molecular weight is 513 g/mol. The molecule has 0 aliphatic rings. The number of aromatic nitrogens is 2. The Morgan fingerprint density at radius 1 is 0.974 bits per heavy atom. The van der Waals surface area contributed by atoms with Crippen LogP contribution in [0, 0.1) is 0 Å². The third-order valence-electron chi connectivity index (χ3n) is 6.50. The van der Waals surface area contributed by atoms with Crippen LogP contribution in [0.4, 0.5) is 5.69 Å². The number of methoxy groups -OCH3 is 1. The number of amides is 1. The molecule has 0 radical (unpaired) electrons. The minimum atomic E-state index is -0.554. The molecule has 4 rings (SSSR count). The van der Waals surface area contributed by atoms with E-state index in [-0.39, 0.29) is 18.0 Å². The highest BCUT2D eigenvalue weighted by atomic mass is 16.5. The first-order valence-corrected chi connectivity index (χ1v) is 12.7. The van der Waals surface area contributed by atoms with E-state index in [9.17, 15) is 14.4 Å². The molecule has 0 bridgehead atoms. The summed E-state index contributed by atoms with van der Waals surface area (Å²) in [7, 11) is 1.25. The largest absolute Gasteiger partial charge is 0.468 e. The zero-order valence-corrected chi connectivity index (χ0v) is 21.5. The second-order valence-electron chi connectivity index (χ2n) is 9.15. The Bertz CT molecular complexity index is 1500. The first-order chi connectivity index (χ1) is 18.5. The molecule has 2 aromatic carbocycles. The van der Waals surface area contributed by atoms with Gasteiger partial charge < -0.3 is 20.4 Å². The van der Waals surface area contributed by atoms with Crippen LogP contribution in [0.15, 0.2) is 78.0 Å². The van der Waals surface area contributed by atoms with Crippen molar-refractivity contribution in [3.05, 3.63) is 94.7 Å². The van der Waals surface area contributed by atoms with Crippen molar-refractivity contribution in [2.45, 2.75) is 38.6 Å². The maximum atomic E-state index is 13.1. The topological polar surface area (TPSA) is 116 Å². The number of pyridine rings is 2. The summed E-state index contributed by atoms with van der Waals surface area (Å²) in [5, 5.41) is 5.01. The zero-order chi connectivity index (χ0) is 26.9. The molecule has 1 amide bonds. The number of hydrogen-bond acceptors (Lipinski definition) is 6. The van der Waals surface area contributed by atoms with Crippen LogP contribution in [0.2, 0.25) is 0 Å². The van der Waals surface area contributed by atoms with Gasteiger partial charge in [-0.15, -0.1) is 0 Å². The number of nitrogens with zero attached hydrogens (tertiary/aromatic N) is 2. The van der Waals surface area contributed by atoms with Gasteiger partial charge in [-0.05, 0) is 60.5 Å². The van der Waals surface area contributed by atoms with Crippen LogP contribution in [-0.2, 0) is 22.5 Å². The van der Waals surface area contributed by atoms with E-state index >= 15 is 0 Å². The minimum Gasteiger partial charge on any atom is -0.468 e. The lowest BCUT2D eigenvalue weighted by molar-refractivity contribution is -0.141. The third-order valence-corrected chi connectivity index (χ3v) is 6.50. The molecule has 4 aromatic rings. The number of esters is 1. The van der Waals surface area contributed by atoms with Crippen molar-refractivity contribution in [3.63, 3.8) is 0 Å². The maximum Gasteiger partial charge on any atom is 0.325 e. The first-order valence-electron chi connectivity index (χ1n) is 12.7. The molecule has 0 saturated carbocycles. The van der Waals surface area contributed by atoms with Crippen molar-refractivity contribution < 1.29 is 14.3 Å². The van der Waals surface area contributed by atoms with Crippen LogP contribution in [0.5, 0.6) is 0 Å². The Labute approximate surface area is 221 Å². The Hall–Kier alpha value is -4.30. The summed E-state index contributed by atoms with van der Waals surface area (Å²) in [6.45, 7) is 0.499. The van der Waals surface area contributed by atoms with Gasteiger partial charge in [0, 0.05) is 41.2 Å². The number of benzene rings is 2. The standard InChI is InChI=1S/C30H32N4O4/c1-38-29(36)20-34-19-24(13-14-28(34)35)33-30(37)23-11-6-10-22(16-23)27-18-32-17-26-21(9-7-12-25(26)27)8-4-2-3-5-15-31/h6-7,9-14,16-19H,2-5,8,15,20,31H2,1H3,(H,33,37). The van der Waals surface area contributed by atoms with Gasteiger partial charge in [0.2, 0.25) is 0 Å². The molecule has 8 nitrogen and oxygen atoms in total. The highest BCUT2D eigenvalue weighted by Crippen LogP contribution is 2.31. The molecule has 0 fully saturated rings. The highest BCUT2D eigenvalue weighted by molar-refractivity contribution is 6.06. The number of hydrogen-bond donors (Lipinski definition) is 2. The lowest BCUT2D eigenvalue weighted by atomic mass is 9.95. The second kappa shape index (κ2) is 12.8. The predicted octanol–water partition coefficient (Wildman–Crippen LogP) is 4.55. The van der Waals surface area contributed by atoms with Crippen LogP contribution in [0.3, 0.4) is 0 Å². The highest BCUT2D eigenvalue weighted by Gasteiger charge is 2.12. The van der Waals surface area contributed by atoms with E-state index in [2.05, 4.69) is 33.2 Å². The molecular formula is C30H32N4O4. The lowest BCUT2D eigenvalue weighted by Crippen LogP contribution is -2.24. The van der Waals surface area contributed by atoms with E-state index in [1.165, 1.54) is 35.6 Å². The molecule has 0 saturated heterocycles. The molecule has 196 valence electrons. The summed E-state index contributed by atoms with van der Waals surface area (Å²) in [6.07, 6.45) is 10.6. The van der Waals surface area contributed by atoms with E-state index in [0.29, 0.717) is 11.3 Å². The van der Waals surface area contributed by atoms with Crippen LogP contribution >= 0.6 is 0 Å². The number of aryl methyl sites for hydroxylation is 1. The normalized spacial score (nSPS) is 10.9. The summed E-state index contributed by atoms with van der Waals surface area (Å²) < 4.78 is 5.82. The molecule has 0 aliphatic carbocycles. The number of anilines is 1. The van der Waals surface area contributed by atoms with E-state index in [1.807, 2.05) is 30.6 Å². The molecule has 0 atom stereocenters. The molecule has 0 spiro atoms. The lowest BCUT2D eigenvalue weighted by Gasteiger charge is -2.12. The number of nitrogens with one attached hydrogen (secondary N) is 1. The summed E-state index contributed by atoms with van der Waals surface area (Å²) in [4.78, 5) is 41.2. The number of fused-ring (bicyclic) bond motifs is 1. The Morgan fingerprint density at radius 3 is 2.61 bits per heavy atom. The van der Waals surface area contributed by atoms with Gasteiger partial charge in [0.05, 0.1) is 12.8 Å². The van der Waals surface area contributed by atoms with Gasteiger partial charge in [0.15, 0.2) is 0 Å². The van der Waals surface area contributed by atoms with E-state index in [0.717, 1.165) is 60.5 Å². The smallest absolute Gasteiger partial charge is 0.325 e. The number of carbonyl (C=O) groups is 2. The molecular weight excluding hydrogens is 480 g/mol. The maximum absolute atomic E-state index is 13.1. The van der Waals surface area contributed by atoms with Crippen LogP contribution in [-0.4, -0.2) is 35.1 Å². The number of carbonyl (C=O) groups excluding carboxylic acids is 2. The van der Waals surface area contributed by atoms with Crippen LogP contribution < -0.4 is 16.6 Å². The quantitative estimate of drug-likeness (QED) is 0.225. The summed E-state index contributed by atoms with van der Waals surface area (Å²) in [5.41, 5.74) is 9.19. The van der Waals surface area contributed by atoms with Crippen LogP contribution in [0.25, 0.3) is 21.9 Å². The molecule has 3 N–H and O–H groups in total. The van der Waals surface area contributed by atoms with E-state index in [4.69, 9.17) is 5.73 Å². The zero-order valence-electron chi connectivity index (χ0n) is 21.5.